The van der Waals surface area contributed by atoms with E-state index in [-0.39, 0.29) is 17.2 Å². The van der Waals surface area contributed by atoms with Crippen LogP contribution in [-0.2, 0) is 4.74 Å². The zero-order valence-corrected chi connectivity index (χ0v) is 12.8. The average molecular weight is 329 g/mol. The van der Waals surface area contributed by atoms with Crippen LogP contribution >= 0.6 is 15.9 Å². The van der Waals surface area contributed by atoms with Crippen molar-refractivity contribution in [2.24, 2.45) is 0 Å². The molecule has 0 amide bonds. The highest BCUT2D eigenvalue weighted by atomic mass is 79.9. The van der Waals surface area contributed by atoms with E-state index in [9.17, 15) is 9.59 Å². The van der Waals surface area contributed by atoms with Gasteiger partial charge >= 0.3 is 5.97 Å². The molecule has 0 heterocycles. The molecule has 1 unspecified atom stereocenters. The first kappa shape index (κ1) is 15.7. The molecule has 0 fully saturated rings. The van der Waals surface area contributed by atoms with E-state index in [0.29, 0.717) is 23.5 Å². The summed E-state index contributed by atoms with van der Waals surface area (Å²) in [6, 6.07) is 4.74. The topological polar surface area (TPSA) is 52.6 Å². The summed E-state index contributed by atoms with van der Waals surface area (Å²) in [4.78, 5) is 23.4. The largest absolute Gasteiger partial charge is 0.494 e. The summed E-state index contributed by atoms with van der Waals surface area (Å²) in [6.07, 6.45) is 0. The standard InChI is InChI=1S/C14H17BrO4/c1-4-18-12-7-10(13(16)9(3)15)6-11(8-12)14(17)19-5-2/h6-9H,4-5H2,1-3H3. The maximum atomic E-state index is 12.0. The molecule has 5 heteroatoms. The third-order valence-corrected chi connectivity index (χ3v) is 2.79. The number of halogens is 1. The smallest absolute Gasteiger partial charge is 0.338 e. The molecule has 4 nitrogen and oxygen atoms in total. The van der Waals surface area contributed by atoms with Crippen LogP contribution < -0.4 is 4.74 Å². The number of ether oxygens (including phenoxy) is 2. The lowest BCUT2D eigenvalue weighted by Crippen LogP contribution is -2.13. The minimum absolute atomic E-state index is 0.105. The number of benzene rings is 1. The summed E-state index contributed by atoms with van der Waals surface area (Å²) in [5.74, 6) is -0.0722. The summed E-state index contributed by atoms with van der Waals surface area (Å²) in [5.41, 5.74) is 0.752. The third-order valence-electron chi connectivity index (χ3n) is 2.37. The predicted molar refractivity (Wildman–Crippen MR) is 76.3 cm³/mol. The Balaban J connectivity index is 3.17. The first-order valence-electron chi connectivity index (χ1n) is 6.12. The molecule has 0 saturated heterocycles. The van der Waals surface area contributed by atoms with Crippen LogP contribution in [0.25, 0.3) is 0 Å². The van der Waals surface area contributed by atoms with Crippen molar-refractivity contribution in [1.29, 1.82) is 0 Å². The van der Waals surface area contributed by atoms with E-state index in [4.69, 9.17) is 9.47 Å². The summed E-state index contributed by atoms with van der Waals surface area (Å²) >= 11 is 3.23. The molecular formula is C14H17BrO4. The van der Waals surface area contributed by atoms with Crippen LogP contribution in [0.3, 0.4) is 0 Å². The van der Waals surface area contributed by atoms with Crippen LogP contribution in [-0.4, -0.2) is 29.8 Å². The zero-order valence-electron chi connectivity index (χ0n) is 11.2. The second-order valence-corrected chi connectivity index (χ2v) is 5.25. The van der Waals surface area contributed by atoms with Gasteiger partial charge in [0.2, 0.25) is 0 Å². The molecule has 104 valence electrons. The molecule has 0 aliphatic rings. The van der Waals surface area contributed by atoms with Crippen LogP contribution in [0.5, 0.6) is 5.75 Å². The summed E-state index contributed by atoms with van der Waals surface area (Å²) in [6.45, 7) is 6.06. The Hall–Kier alpha value is -1.36. The van der Waals surface area contributed by atoms with Gasteiger partial charge in [0.05, 0.1) is 23.6 Å². The molecule has 1 aromatic carbocycles. The number of ketones is 1. The fourth-order valence-corrected chi connectivity index (χ4v) is 1.82. The molecule has 0 aliphatic heterocycles. The van der Waals surface area contributed by atoms with Crippen molar-refractivity contribution in [1.82, 2.24) is 0 Å². The minimum Gasteiger partial charge on any atom is -0.494 e. The van der Waals surface area contributed by atoms with Crippen molar-refractivity contribution in [3.63, 3.8) is 0 Å². The van der Waals surface area contributed by atoms with E-state index in [1.807, 2.05) is 6.92 Å². The highest BCUT2D eigenvalue weighted by molar-refractivity contribution is 9.10. The first-order chi connectivity index (χ1) is 8.99. The van der Waals surface area contributed by atoms with Gasteiger partial charge in [-0.05, 0) is 39.0 Å². The van der Waals surface area contributed by atoms with Gasteiger partial charge in [0.15, 0.2) is 5.78 Å². The second-order valence-electron chi connectivity index (χ2n) is 3.88. The van der Waals surface area contributed by atoms with Gasteiger partial charge in [-0.25, -0.2) is 4.79 Å². The Morgan fingerprint density at radius 2 is 1.79 bits per heavy atom. The van der Waals surface area contributed by atoms with Crippen LogP contribution in [0.15, 0.2) is 18.2 Å². The Bertz CT molecular complexity index is 469. The number of carbonyl (C=O) groups is 2. The molecule has 0 saturated carbocycles. The normalized spacial score (nSPS) is 11.8. The molecule has 1 atom stereocenters. The van der Waals surface area contributed by atoms with Gasteiger partial charge in [-0.15, -0.1) is 0 Å². The number of hydrogen-bond acceptors (Lipinski definition) is 4. The van der Waals surface area contributed by atoms with Crippen molar-refractivity contribution in [2.45, 2.75) is 25.6 Å². The van der Waals surface area contributed by atoms with E-state index in [1.165, 1.54) is 6.07 Å². The Morgan fingerprint density at radius 1 is 1.16 bits per heavy atom. The second kappa shape index (κ2) is 7.28. The first-order valence-corrected chi connectivity index (χ1v) is 7.04. The monoisotopic (exact) mass is 328 g/mol. The zero-order chi connectivity index (χ0) is 14.4. The quantitative estimate of drug-likeness (QED) is 0.457. The molecule has 0 bridgehead atoms. The van der Waals surface area contributed by atoms with Crippen LogP contribution in [0, 0.1) is 0 Å². The van der Waals surface area contributed by atoms with E-state index in [1.54, 1.807) is 26.0 Å². The van der Waals surface area contributed by atoms with Crippen molar-refractivity contribution < 1.29 is 19.1 Å². The number of esters is 1. The number of rotatable bonds is 6. The summed E-state index contributed by atoms with van der Waals surface area (Å²) in [7, 11) is 0. The van der Waals surface area contributed by atoms with Gasteiger partial charge in [0.25, 0.3) is 0 Å². The lowest BCUT2D eigenvalue weighted by atomic mass is 10.0. The van der Waals surface area contributed by atoms with Gasteiger partial charge in [0.1, 0.15) is 5.75 Å². The highest BCUT2D eigenvalue weighted by Crippen LogP contribution is 2.21. The Morgan fingerprint density at radius 3 is 2.32 bits per heavy atom. The molecule has 0 spiro atoms. The Kier molecular flexibility index (Phi) is 6.02. The molecule has 19 heavy (non-hydrogen) atoms. The maximum absolute atomic E-state index is 12.0. The molecule has 0 N–H and O–H groups in total. The van der Waals surface area contributed by atoms with Gasteiger partial charge in [-0.1, -0.05) is 15.9 Å². The van der Waals surface area contributed by atoms with Crippen LogP contribution in [0.2, 0.25) is 0 Å². The molecule has 1 aromatic rings. The van der Waals surface area contributed by atoms with Crippen molar-refractivity contribution in [3.05, 3.63) is 29.3 Å². The minimum atomic E-state index is -0.458. The molecule has 0 aliphatic carbocycles. The highest BCUT2D eigenvalue weighted by Gasteiger charge is 2.17. The fraction of sp³-hybridized carbons (Fsp3) is 0.429. The van der Waals surface area contributed by atoms with Crippen molar-refractivity contribution in [2.75, 3.05) is 13.2 Å². The maximum Gasteiger partial charge on any atom is 0.338 e. The van der Waals surface area contributed by atoms with Gasteiger partial charge < -0.3 is 9.47 Å². The van der Waals surface area contributed by atoms with Crippen LogP contribution in [0.1, 0.15) is 41.5 Å². The van der Waals surface area contributed by atoms with Crippen molar-refractivity contribution >= 4 is 27.7 Å². The lowest BCUT2D eigenvalue weighted by molar-refractivity contribution is 0.0526. The molecule has 1 rings (SSSR count). The van der Waals surface area contributed by atoms with E-state index in [2.05, 4.69) is 15.9 Å². The lowest BCUT2D eigenvalue weighted by Gasteiger charge is -2.10. The van der Waals surface area contributed by atoms with E-state index in [0.717, 1.165) is 0 Å². The number of carbonyl (C=O) groups excluding carboxylic acids is 2. The third kappa shape index (κ3) is 4.35. The summed E-state index contributed by atoms with van der Waals surface area (Å²) in [5, 5.41) is 0. The van der Waals surface area contributed by atoms with Gasteiger partial charge in [-0.3, -0.25) is 4.79 Å². The van der Waals surface area contributed by atoms with E-state index < -0.39 is 5.97 Å². The Labute approximate surface area is 121 Å². The van der Waals surface area contributed by atoms with Crippen LogP contribution in [0.4, 0.5) is 0 Å². The molecule has 0 aromatic heterocycles. The number of hydrogen-bond donors (Lipinski definition) is 0. The SMILES string of the molecule is CCOC(=O)c1cc(OCC)cc(C(=O)C(C)Br)c1. The molecular weight excluding hydrogens is 312 g/mol. The fourth-order valence-electron chi connectivity index (χ4n) is 1.55. The van der Waals surface area contributed by atoms with Crippen molar-refractivity contribution in [3.8, 4) is 5.75 Å². The van der Waals surface area contributed by atoms with E-state index >= 15 is 0 Å². The summed E-state index contributed by atoms with van der Waals surface area (Å²) < 4.78 is 10.3. The van der Waals surface area contributed by atoms with Gasteiger partial charge in [-0.2, -0.15) is 0 Å². The predicted octanol–water partition coefficient (Wildman–Crippen LogP) is 3.23. The number of alkyl halides is 1. The molecule has 0 radical (unpaired) electrons. The average Bonchev–Trinajstić information content (AvgIpc) is 2.38. The number of Topliss-reactive ketones (excluding diaryl/α,β-unsaturated/α-hetero) is 1. The van der Waals surface area contributed by atoms with Gasteiger partial charge in [0, 0.05) is 5.56 Å².